The Bertz CT molecular complexity index is 242. The molecule has 15 heavy (non-hydrogen) atoms. The summed E-state index contributed by atoms with van der Waals surface area (Å²) < 4.78 is 0. The van der Waals surface area contributed by atoms with E-state index in [1.54, 1.807) is 6.08 Å². The lowest BCUT2D eigenvalue weighted by Gasteiger charge is -2.21. The number of hydrogen-bond donors (Lipinski definition) is 2. The third-order valence-corrected chi connectivity index (χ3v) is 1.84. The third kappa shape index (κ3) is 5.02. The maximum atomic E-state index is 11.6. The van der Waals surface area contributed by atoms with Crippen molar-refractivity contribution < 1.29 is 19.5 Å². The first-order valence-electron chi connectivity index (χ1n) is 4.45. The van der Waals surface area contributed by atoms with E-state index >= 15 is 0 Å². The van der Waals surface area contributed by atoms with Crippen LogP contribution in [0.5, 0.6) is 0 Å². The maximum Gasteiger partial charge on any atom is 0.405 e. The van der Waals surface area contributed by atoms with Gasteiger partial charge in [0.2, 0.25) is 0 Å². The highest BCUT2D eigenvalue weighted by molar-refractivity contribution is 5.84. The molecule has 0 bridgehead atoms. The quantitative estimate of drug-likeness (QED) is 0.503. The van der Waals surface area contributed by atoms with Crippen LogP contribution in [0.2, 0.25) is 0 Å². The first kappa shape index (κ1) is 13.4. The molecule has 0 heterocycles. The van der Waals surface area contributed by atoms with Crippen LogP contribution in [0, 0.1) is 0 Å². The predicted octanol–water partition coefficient (Wildman–Crippen LogP) is 0.609. The van der Waals surface area contributed by atoms with E-state index in [1.165, 1.54) is 14.2 Å². The second-order valence-electron chi connectivity index (χ2n) is 2.89. The van der Waals surface area contributed by atoms with Crippen LogP contribution in [0.1, 0.15) is 12.8 Å². The van der Waals surface area contributed by atoms with Crippen molar-refractivity contribution in [3.05, 3.63) is 12.7 Å². The van der Waals surface area contributed by atoms with E-state index in [0.29, 0.717) is 12.8 Å². The van der Waals surface area contributed by atoms with Gasteiger partial charge in [-0.25, -0.2) is 9.86 Å². The third-order valence-electron chi connectivity index (χ3n) is 1.84. The van der Waals surface area contributed by atoms with Crippen LogP contribution >= 0.6 is 0 Å². The number of hydroxylamine groups is 2. The number of allylic oxidation sites excluding steroid dienone is 1. The lowest BCUT2D eigenvalue weighted by Crippen LogP contribution is -2.46. The molecule has 1 unspecified atom stereocenters. The predicted molar refractivity (Wildman–Crippen MR) is 54.2 cm³/mol. The fourth-order valence-electron chi connectivity index (χ4n) is 1.00. The van der Waals surface area contributed by atoms with E-state index in [0.717, 1.165) is 5.06 Å². The summed E-state index contributed by atoms with van der Waals surface area (Å²) in [4.78, 5) is 26.7. The number of amides is 2. The summed E-state index contributed by atoms with van der Waals surface area (Å²) in [6.45, 7) is 3.50. The first-order chi connectivity index (χ1) is 7.02. The van der Waals surface area contributed by atoms with E-state index < -0.39 is 18.0 Å². The molecule has 0 aliphatic heterocycles. The zero-order valence-electron chi connectivity index (χ0n) is 8.90. The summed E-state index contributed by atoms with van der Waals surface area (Å²) in [6.07, 6.45) is 1.30. The highest BCUT2D eigenvalue weighted by Crippen LogP contribution is 2.02. The first-order valence-corrected chi connectivity index (χ1v) is 4.45. The van der Waals surface area contributed by atoms with Gasteiger partial charge in [0, 0.05) is 7.05 Å². The molecule has 0 saturated heterocycles. The zero-order chi connectivity index (χ0) is 11.8. The number of carbonyl (C=O) groups excluding carboxylic acids is 1. The van der Waals surface area contributed by atoms with Gasteiger partial charge in [-0.15, -0.1) is 6.58 Å². The monoisotopic (exact) mass is 216 g/mol. The van der Waals surface area contributed by atoms with Crippen LogP contribution in [0.4, 0.5) is 4.79 Å². The Morgan fingerprint density at radius 1 is 1.67 bits per heavy atom. The van der Waals surface area contributed by atoms with Crippen molar-refractivity contribution in [2.24, 2.45) is 0 Å². The number of hydrogen-bond acceptors (Lipinski definition) is 3. The maximum absolute atomic E-state index is 11.6. The summed E-state index contributed by atoms with van der Waals surface area (Å²) in [5.74, 6) is -0.429. The number of carboxylic acid groups (broad SMARTS) is 1. The second-order valence-corrected chi connectivity index (χ2v) is 2.89. The molecule has 0 aromatic heterocycles. The van der Waals surface area contributed by atoms with Crippen molar-refractivity contribution in [1.29, 1.82) is 0 Å². The molecule has 0 aliphatic carbocycles. The van der Waals surface area contributed by atoms with Crippen LogP contribution in [0.25, 0.3) is 0 Å². The molecule has 1 atom stereocenters. The Hall–Kier alpha value is -1.56. The van der Waals surface area contributed by atoms with Gasteiger partial charge >= 0.3 is 6.09 Å². The Morgan fingerprint density at radius 2 is 2.27 bits per heavy atom. The Balaban J connectivity index is 4.38. The standard InChI is InChI=1S/C9H16N2O4/c1-4-5-6-7(10-9(13)14)8(12)11(2)15-3/h4,7,10H,1,5-6H2,2-3H3,(H,13,14). The Morgan fingerprint density at radius 3 is 2.67 bits per heavy atom. The van der Waals surface area contributed by atoms with Gasteiger partial charge in [-0.3, -0.25) is 9.63 Å². The molecule has 0 saturated carbocycles. The average molecular weight is 216 g/mol. The van der Waals surface area contributed by atoms with E-state index in [4.69, 9.17) is 5.11 Å². The van der Waals surface area contributed by atoms with Crippen molar-refractivity contribution in [2.45, 2.75) is 18.9 Å². The van der Waals surface area contributed by atoms with Gasteiger partial charge in [0.15, 0.2) is 0 Å². The number of rotatable bonds is 6. The summed E-state index contributed by atoms with van der Waals surface area (Å²) in [5.41, 5.74) is 0. The minimum absolute atomic E-state index is 0.363. The molecule has 0 aromatic carbocycles. The highest BCUT2D eigenvalue weighted by atomic mass is 16.7. The van der Waals surface area contributed by atoms with Crippen LogP contribution in [0.3, 0.4) is 0 Å². The van der Waals surface area contributed by atoms with Crippen molar-refractivity contribution in [3.8, 4) is 0 Å². The van der Waals surface area contributed by atoms with Gasteiger partial charge in [0.05, 0.1) is 7.11 Å². The van der Waals surface area contributed by atoms with E-state index in [2.05, 4.69) is 16.7 Å². The number of carbonyl (C=O) groups is 2. The summed E-state index contributed by atoms with van der Waals surface area (Å²) in [6, 6.07) is -0.801. The number of likely N-dealkylation sites (N-methyl/N-ethyl adjacent to an activating group) is 1. The average Bonchev–Trinajstić information content (AvgIpc) is 2.21. The van der Waals surface area contributed by atoms with Crippen molar-refractivity contribution in [3.63, 3.8) is 0 Å². The SMILES string of the molecule is C=CCCC(NC(=O)O)C(=O)N(C)OC. The molecule has 86 valence electrons. The molecule has 6 nitrogen and oxygen atoms in total. The molecule has 0 spiro atoms. The molecule has 0 aliphatic rings. The van der Waals surface area contributed by atoms with Gasteiger partial charge in [-0.05, 0) is 12.8 Å². The Kier molecular flexibility index (Phi) is 6.12. The van der Waals surface area contributed by atoms with Gasteiger partial charge in [-0.1, -0.05) is 6.08 Å². The molecule has 2 N–H and O–H groups in total. The van der Waals surface area contributed by atoms with Crippen LogP contribution in [-0.4, -0.2) is 42.4 Å². The summed E-state index contributed by atoms with van der Waals surface area (Å²) >= 11 is 0. The zero-order valence-corrected chi connectivity index (χ0v) is 8.90. The fraction of sp³-hybridized carbons (Fsp3) is 0.556. The van der Waals surface area contributed by atoms with Crippen molar-refractivity contribution in [1.82, 2.24) is 10.4 Å². The number of nitrogens with zero attached hydrogens (tertiary/aromatic N) is 1. The van der Waals surface area contributed by atoms with E-state index in [-0.39, 0.29) is 0 Å². The fourth-order valence-corrected chi connectivity index (χ4v) is 1.00. The van der Waals surface area contributed by atoms with Gasteiger partial charge < -0.3 is 10.4 Å². The molecule has 0 fully saturated rings. The van der Waals surface area contributed by atoms with Crippen LogP contribution in [-0.2, 0) is 9.63 Å². The van der Waals surface area contributed by atoms with Crippen LogP contribution < -0.4 is 5.32 Å². The molecule has 0 rings (SSSR count). The topological polar surface area (TPSA) is 78.9 Å². The molecule has 0 aromatic rings. The molecule has 0 radical (unpaired) electrons. The second kappa shape index (κ2) is 6.83. The van der Waals surface area contributed by atoms with Crippen molar-refractivity contribution >= 4 is 12.0 Å². The molecular weight excluding hydrogens is 200 g/mol. The van der Waals surface area contributed by atoms with Gasteiger partial charge in [-0.2, -0.15) is 0 Å². The van der Waals surface area contributed by atoms with Crippen LogP contribution in [0.15, 0.2) is 12.7 Å². The van der Waals surface area contributed by atoms with E-state index in [1.807, 2.05) is 0 Å². The minimum atomic E-state index is -1.23. The molecule has 2 amide bonds. The smallest absolute Gasteiger partial charge is 0.405 e. The largest absolute Gasteiger partial charge is 0.465 e. The van der Waals surface area contributed by atoms with Gasteiger partial charge in [0.25, 0.3) is 5.91 Å². The summed E-state index contributed by atoms with van der Waals surface area (Å²) in [7, 11) is 2.76. The van der Waals surface area contributed by atoms with Crippen molar-refractivity contribution in [2.75, 3.05) is 14.2 Å². The van der Waals surface area contributed by atoms with Gasteiger partial charge in [0.1, 0.15) is 6.04 Å². The Labute approximate surface area is 88.5 Å². The summed E-state index contributed by atoms with van der Waals surface area (Å²) in [5, 5.41) is 11.7. The lowest BCUT2D eigenvalue weighted by atomic mass is 10.1. The number of nitrogens with one attached hydrogen (secondary N) is 1. The molecular formula is C9H16N2O4. The highest BCUT2D eigenvalue weighted by Gasteiger charge is 2.23. The molecule has 6 heteroatoms. The normalized spacial score (nSPS) is 11.6. The minimum Gasteiger partial charge on any atom is -0.465 e. The van der Waals surface area contributed by atoms with E-state index in [9.17, 15) is 9.59 Å². The lowest BCUT2D eigenvalue weighted by molar-refractivity contribution is -0.171.